The van der Waals surface area contributed by atoms with Crippen LogP contribution in [0.2, 0.25) is 0 Å². The summed E-state index contributed by atoms with van der Waals surface area (Å²) < 4.78 is 5.59. The lowest BCUT2D eigenvalue weighted by atomic mass is 9.81. The molecule has 2 heterocycles. The first kappa shape index (κ1) is 14.1. The number of hydrogen-bond donors (Lipinski definition) is 1. The summed E-state index contributed by atoms with van der Waals surface area (Å²) in [4.78, 5) is 4.62. The van der Waals surface area contributed by atoms with Crippen LogP contribution in [0.4, 0.5) is 0 Å². The Labute approximate surface area is 124 Å². The molecule has 1 N–H and O–H groups in total. The predicted octanol–water partition coefficient (Wildman–Crippen LogP) is 2.68. The van der Waals surface area contributed by atoms with Crippen LogP contribution in [-0.2, 0) is 5.54 Å². The smallest absolute Gasteiger partial charge is 0.247 e. The molecule has 6 heteroatoms. The van der Waals surface area contributed by atoms with Gasteiger partial charge in [-0.2, -0.15) is 15.2 Å². The minimum Gasteiger partial charge on any atom is -0.337 e. The Kier molecular flexibility index (Phi) is 3.96. The molecule has 21 heavy (non-hydrogen) atoms. The quantitative estimate of drug-likeness (QED) is 0.931. The highest BCUT2D eigenvalue weighted by Gasteiger charge is 2.39. The van der Waals surface area contributed by atoms with Crippen LogP contribution >= 0.6 is 0 Å². The molecule has 2 aromatic rings. The van der Waals surface area contributed by atoms with Gasteiger partial charge >= 0.3 is 0 Å². The molecule has 0 unspecified atom stereocenters. The van der Waals surface area contributed by atoms with Crippen molar-refractivity contribution in [1.82, 2.24) is 25.7 Å². The highest BCUT2D eigenvalue weighted by atomic mass is 16.5. The van der Waals surface area contributed by atoms with Crippen LogP contribution < -0.4 is 5.32 Å². The first-order valence-electron chi connectivity index (χ1n) is 7.59. The highest BCUT2D eigenvalue weighted by Crippen LogP contribution is 2.37. The molecule has 0 aliphatic heterocycles. The van der Waals surface area contributed by atoms with Gasteiger partial charge in [-0.25, -0.2) is 0 Å². The molecule has 1 fully saturated rings. The van der Waals surface area contributed by atoms with Gasteiger partial charge in [0.25, 0.3) is 0 Å². The molecule has 2 aromatic heterocycles. The minimum absolute atomic E-state index is 0.182. The van der Waals surface area contributed by atoms with Crippen molar-refractivity contribution in [2.24, 2.45) is 0 Å². The Morgan fingerprint density at radius 3 is 2.67 bits per heavy atom. The summed E-state index contributed by atoms with van der Waals surface area (Å²) in [6.45, 7) is 4.31. The molecule has 1 saturated carbocycles. The summed E-state index contributed by atoms with van der Waals surface area (Å²) in [6.07, 6.45) is 9.02. The fraction of sp³-hybridized carbons (Fsp3) is 0.600. The second-order valence-corrected chi connectivity index (χ2v) is 6.00. The van der Waals surface area contributed by atoms with E-state index in [1.54, 1.807) is 12.4 Å². The van der Waals surface area contributed by atoms with Gasteiger partial charge in [0.15, 0.2) is 0 Å². The zero-order valence-corrected chi connectivity index (χ0v) is 12.5. The Morgan fingerprint density at radius 1 is 1.19 bits per heavy atom. The van der Waals surface area contributed by atoms with Gasteiger partial charge in [0.2, 0.25) is 11.7 Å². The van der Waals surface area contributed by atoms with Crippen LogP contribution in [0, 0.1) is 0 Å². The first-order valence-corrected chi connectivity index (χ1v) is 7.59. The van der Waals surface area contributed by atoms with Gasteiger partial charge in [0.1, 0.15) is 0 Å². The van der Waals surface area contributed by atoms with Gasteiger partial charge in [-0.15, -0.1) is 0 Å². The first-order chi connectivity index (χ1) is 10.2. The van der Waals surface area contributed by atoms with E-state index in [9.17, 15) is 0 Å². The summed E-state index contributed by atoms with van der Waals surface area (Å²) in [6, 6.07) is 2.21. The predicted molar refractivity (Wildman–Crippen MR) is 78.4 cm³/mol. The molecule has 1 aliphatic rings. The molecule has 0 amide bonds. The average Bonchev–Trinajstić information content (AvgIpc) is 2.99. The summed E-state index contributed by atoms with van der Waals surface area (Å²) in [7, 11) is 0. The van der Waals surface area contributed by atoms with Crippen molar-refractivity contribution in [3.63, 3.8) is 0 Å². The van der Waals surface area contributed by atoms with Crippen LogP contribution in [-0.4, -0.2) is 26.4 Å². The van der Waals surface area contributed by atoms with Crippen molar-refractivity contribution in [1.29, 1.82) is 0 Å². The second-order valence-electron chi connectivity index (χ2n) is 6.00. The molecule has 0 radical (unpaired) electrons. The van der Waals surface area contributed by atoms with E-state index >= 15 is 0 Å². The van der Waals surface area contributed by atoms with E-state index < -0.39 is 0 Å². The maximum Gasteiger partial charge on any atom is 0.247 e. The van der Waals surface area contributed by atoms with E-state index in [0.29, 0.717) is 17.8 Å². The van der Waals surface area contributed by atoms with Crippen molar-refractivity contribution >= 4 is 0 Å². The SMILES string of the molecule is CC(C)NC1(c2nc(-c3ccnnc3)no2)CCCCC1. The van der Waals surface area contributed by atoms with Crippen LogP contribution in [0.3, 0.4) is 0 Å². The largest absolute Gasteiger partial charge is 0.337 e. The Morgan fingerprint density at radius 2 is 2.00 bits per heavy atom. The van der Waals surface area contributed by atoms with Gasteiger partial charge < -0.3 is 9.84 Å². The van der Waals surface area contributed by atoms with Crippen molar-refractivity contribution < 1.29 is 4.52 Å². The molecule has 0 saturated heterocycles. The zero-order valence-electron chi connectivity index (χ0n) is 12.5. The van der Waals surface area contributed by atoms with Crippen molar-refractivity contribution in [2.45, 2.75) is 57.5 Å². The normalized spacial score (nSPS) is 18.0. The third-order valence-corrected chi connectivity index (χ3v) is 3.95. The summed E-state index contributed by atoms with van der Waals surface area (Å²) >= 11 is 0. The second kappa shape index (κ2) is 5.89. The van der Waals surface area contributed by atoms with Crippen LogP contribution in [0.25, 0.3) is 11.4 Å². The average molecular weight is 287 g/mol. The molecule has 0 aromatic carbocycles. The van der Waals surface area contributed by atoms with Gasteiger partial charge in [0.05, 0.1) is 17.9 Å². The van der Waals surface area contributed by atoms with Crippen molar-refractivity contribution in [2.75, 3.05) is 0 Å². The van der Waals surface area contributed by atoms with Gasteiger partial charge in [-0.3, -0.25) is 0 Å². The Balaban J connectivity index is 1.92. The molecule has 0 atom stereocenters. The fourth-order valence-corrected chi connectivity index (χ4v) is 3.09. The highest BCUT2D eigenvalue weighted by molar-refractivity contribution is 5.51. The summed E-state index contributed by atoms with van der Waals surface area (Å²) in [5.41, 5.74) is 0.647. The number of rotatable bonds is 4. The Bertz CT molecular complexity index is 575. The van der Waals surface area contributed by atoms with Crippen LogP contribution in [0.15, 0.2) is 23.0 Å². The fourth-order valence-electron chi connectivity index (χ4n) is 3.09. The van der Waals surface area contributed by atoms with Gasteiger partial charge in [-0.05, 0) is 32.8 Å². The molecular weight excluding hydrogens is 266 g/mol. The molecule has 3 rings (SSSR count). The summed E-state index contributed by atoms with van der Waals surface area (Å²) in [5, 5.41) is 15.4. The molecule has 0 spiro atoms. The lowest BCUT2D eigenvalue weighted by Crippen LogP contribution is -2.47. The molecule has 6 nitrogen and oxygen atoms in total. The number of nitrogens with zero attached hydrogens (tertiary/aromatic N) is 4. The maximum atomic E-state index is 5.59. The minimum atomic E-state index is -0.182. The Hall–Kier alpha value is -1.82. The van der Waals surface area contributed by atoms with Crippen molar-refractivity contribution in [3.05, 3.63) is 24.4 Å². The zero-order chi connectivity index (χ0) is 14.7. The van der Waals surface area contributed by atoms with E-state index in [4.69, 9.17) is 4.52 Å². The maximum absolute atomic E-state index is 5.59. The monoisotopic (exact) mass is 287 g/mol. The third kappa shape index (κ3) is 2.95. The topological polar surface area (TPSA) is 76.7 Å². The van der Waals surface area contributed by atoms with Crippen LogP contribution in [0.5, 0.6) is 0 Å². The number of aromatic nitrogens is 4. The van der Waals surface area contributed by atoms with Crippen molar-refractivity contribution in [3.8, 4) is 11.4 Å². The number of hydrogen-bond acceptors (Lipinski definition) is 6. The number of nitrogens with one attached hydrogen (secondary N) is 1. The molecule has 1 aliphatic carbocycles. The molecule has 112 valence electrons. The van der Waals surface area contributed by atoms with Gasteiger partial charge in [0, 0.05) is 11.6 Å². The lowest BCUT2D eigenvalue weighted by molar-refractivity contribution is 0.159. The van der Waals surface area contributed by atoms with E-state index in [1.165, 1.54) is 19.3 Å². The van der Waals surface area contributed by atoms with Crippen LogP contribution in [0.1, 0.15) is 51.8 Å². The summed E-state index contributed by atoms with van der Waals surface area (Å²) in [5.74, 6) is 1.28. The van der Waals surface area contributed by atoms with E-state index in [-0.39, 0.29) is 5.54 Å². The molecule has 0 bridgehead atoms. The van der Waals surface area contributed by atoms with E-state index in [0.717, 1.165) is 18.4 Å². The van der Waals surface area contributed by atoms with E-state index in [2.05, 4.69) is 39.5 Å². The van der Waals surface area contributed by atoms with Gasteiger partial charge in [-0.1, -0.05) is 24.4 Å². The third-order valence-electron chi connectivity index (χ3n) is 3.95. The van der Waals surface area contributed by atoms with E-state index in [1.807, 2.05) is 6.07 Å². The molecular formula is C15H21N5O. The standard InChI is InChI=1S/C15H21N5O/c1-11(2)19-15(7-4-3-5-8-15)14-18-13(20-21-14)12-6-9-16-17-10-12/h6,9-11,19H,3-5,7-8H2,1-2H3. The lowest BCUT2D eigenvalue weighted by Gasteiger charge is -2.36.